The number of thioether (sulfide) groups is 1. The molecule has 2 rings (SSSR count). The monoisotopic (exact) mass is 285 g/mol. The van der Waals surface area contributed by atoms with Gasteiger partial charge in [0.2, 0.25) is 5.91 Å². The second kappa shape index (κ2) is 6.40. The van der Waals surface area contributed by atoms with Crippen molar-refractivity contribution in [3.8, 4) is 0 Å². The molecule has 0 bridgehead atoms. The summed E-state index contributed by atoms with van der Waals surface area (Å²) in [4.78, 5) is 17.8. The molecule has 0 radical (unpaired) electrons. The predicted octanol–water partition coefficient (Wildman–Crippen LogP) is -0.286. The molecule has 7 heteroatoms. The molecule has 1 fully saturated rings. The minimum absolute atomic E-state index is 0.00318. The first-order chi connectivity index (χ1) is 9.11. The highest BCUT2D eigenvalue weighted by atomic mass is 32.2. The molecule has 0 unspecified atom stereocenters. The summed E-state index contributed by atoms with van der Waals surface area (Å²) in [5, 5.41) is 19.7. The molecule has 1 saturated heterocycles. The maximum Gasteiger partial charge on any atom is 0.233 e. The SMILES string of the molecule is Cn1ccnc1SCC(=O)N1CC[C@H](CO)[C@H](O)C1. The normalized spacial score (nSPS) is 23.6. The van der Waals surface area contributed by atoms with Crippen molar-refractivity contribution < 1.29 is 15.0 Å². The van der Waals surface area contributed by atoms with Crippen LogP contribution in [0.4, 0.5) is 0 Å². The largest absolute Gasteiger partial charge is 0.396 e. The Hall–Kier alpha value is -1.05. The van der Waals surface area contributed by atoms with Crippen molar-refractivity contribution in [2.45, 2.75) is 17.7 Å². The first-order valence-electron chi connectivity index (χ1n) is 6.28. The van der Waals surface area contributed by atoms with Crippen molar-refractivity contribution in [1.82, 2.24) is 14.5 Å². The fraction of sp³-hybridized carbons (Fsp3) is 0.667. The van der Waals surface area contributed by atoms with Crippen molar-refractivity contribution in [3.05, 3.63) is 12.4 Å². The van der Waals surface area contributed by atoms with Gasteiger partial charge in [0.05, 0.1) is 11.9 Å². The van der Waals surface area contributed by atoms with Gasteiger partial charge in [-0.3, -0.25) is 4.79 Å². The molecular weight excluding hydrogens is 266 g/mol. The zero-order valence-corrected chi connectivity index (χ0v) is 11.7. The number of β-amino-alcohol motifs (C(OH)–C–C–N with tert-alkyl or cyclic N) is 1. The van der Waals surface area contributed by atoms with Gasteiger partial charge in [0, 0.05) is 45.1 Å². The number of rotatable bonds is 4. The van der Waals surface area contributed by atoms with Crippen molar-refractivity contribution >= 4 is 17.7 Å². The Kier molecular flexibility index (Phi) is 4.84. The summed E-state index contributed by atoms with van der Waals surface area (Å²) >= 11 is 1.39. The second-order valence-electron chi connectivity index (χ2n) is 4.75. The first-order valence-corrected chi connectivity index (χ1v) is 7.27. The third-order valence-electron chi connectivity index (χ3n) is 3.41. The summed E-state index contributed by atoms with van der Waals surface area (Å²) in [5.74, 6) is 0.219. The van der Waals surface area contributed by atoms with Crippen LogP contribution in [0.5, 0.6) is 0 Å². The highest BCUT2D eigenvalue weighted by Crippen LogP contribution is 2.20. The van der Waals surface area contributed by atoms with Crippen LogP contribution in [-0.4, -0.2) is 62.1 Å². The molecule has 0 aliphatic carbocycles. The van der Waals surface area contributed by atoms with E-state index in [0.29, 0.717) is 25.3 Å². The summed E-state index contributed by atoms with van der Waals surface area (Å²) in [7, 11) is 1.89. The van der Waals surface area contributed by atoms with Crippen LogP contribution in [0.1, 0.15) is 6.42 Å². The molecular formula is C12H19N3O3S. The van der Waals surface area contributed by atoms with E-state index in [-0.39, 0.29) is 18.4 Å². The van der Waals surface area contributed by atoms with Crippen LogP contribution in [0.2, 0.25) is 0 Å². The van der Waals surface area contributed by atoms with Crippen LogP contribution in [0.15, 0.2) is 17.6 Å². The molecule has 2 N–H and O–H groups in total. The van der Waals surface area contributed by atoms with Gasteiger partial charge in [-0.25, -0.2) is 4.98 Å². The lowest BCUT2D eigenvalue weighted by Crippen LogP contribution is -2.48. The number of aromatic nitrogens is 2. The van der Waals surface area contributed by atoms with Crippen LogP contribution < -0.4 is 0 Å². The van der Waals surface area contributed by atoms with Gasteiger partial charge in [-0.05, 0) is 6.42 Å². The van der Waals surface area contributed by atoms with E-state index in [4.69, 9.17) is 5.11 Å². The average Bonchev–Trinajstić information content (AvgIpc) is 2.81. The zero-order chi connectivity index (χ0) is 13.8. The molecule has 0 spiro atoms. The molecule has 1 amide bonds. The van der Waals surface area contributed by atoms with Crippen molar-refractivity contribution in [2.75, 3.05) is 25.4 Å². The highest BCUT2D eigenvalue weighted by molar-refractivity contribution is 7.99. The van der Waals surface area contributed by atoms with E-state index in [1.165, 1.54) is 11.8 Å². The molecule has 19 heavy (non-hydrogen) atoms. The van der Waals surface area contributed by atoms with E-state index in [1.54, 1.807) is 11.1 Å². The van der Waals surface area contributed by atoms with Crippen molar-refractivity contribution in [1.29, 1.82) is 0 Å². The molecule has 6 nitrogen and oxygen atoms in total. The molecule has 1 aliphatic rings. The van der Waals surface area contributed by atoms with Gasteiger partial charge in [0.15, 0.2) is 5.16 Å². The van der Waals surface area contributed by atoms with Crippen LogP contribution in [-0.2, 0) is 11.8 Å². The molecule has 0 aromatic carbocycles. The standard InChI is InChI=1S/C12H19N3O3S/c1-14-5-3-13-12(14)19-8-11(18)15-4-2-9(7-16)10(17)6-15/h3,5,9-10,16-17H,2,4,6-8H2,1H3/t9-,10-/m1/s1. The molecule has 1 aromatic rings. The summed E-state index contributed by atoms with van der Waals surface area (Å²) in [6.07, 6.45) is 3.56. The van der Waals surface area contributed by atoms with Crippen LogP contribution in [0.3, 0.4) is 0 Å². The van der Waals surface area contributed by atoms with Crippen LogP contribution >= 0.6 is 11.8 Å². The minimum atomic E-state index is -0.624. The number of aliphatic hydroxyl groups is 2. The van der Waals surface area contributed by atoms with Crippen LogP contribution in [0, 0.1) is 5.92 Å². The number of nitrogens with zero attached hydrogens (tertiary/aromatic N) is 3. The maximum absolute atomic E-state index is 12.0. The summed E-state index contributed by atoms with van der Waals surface area (Å²) in [5.41, 5.74) is 0. The molecule has 2 heterocycles. The number of carbonyl (C=O) groups is 1. The van der Waals surface area contributed by atoms with E-state index in [2.05, 4.69) is 4.98 Å². The van der Waals surface area contributed by atoms with Gasteiger partial charge in [0.25, 0.3) is 0 Å². The third kappa shape index (κ3) is 3.49. The number of piperidine rings is 1. The molecule has 2 atom stereocenters. The lowest BCUT2D eigenvalue weighted by molar-refractivity contribution is -0.133. The average molecular weight is 285 g/mol. The Morgan fingerprint density at radius 2 is 2.42 bits per heavy atom. The molecule has 1 aliphatic heterocycles. The number of carbonyl (C=O) groups excluding carboxylic acids is 1. The van der Waals surface area contributed by atoms with E-state index < -0.39 is 6.10 Å². The van der Waals surface area contributed by atoms with Gasteiger partial charge in [-0.2, -0.15) is 0 Å². The third-order valence-corrected chi connectivity index (χ3v) is 4.45. The van der Waals surface area contributed by atoms with Gasteiger partial charge >= 0.3 is 0 Å². The fourth-order valence-corrected chi connectivity index (χ4v) is 2.96. The first kappa shape index (κ1) is 14.4. The number of likely N-dealkylation sites (tertiary alicyclic amines) is 1. The van der Waals surface area contributed by atoms with E-state index in [1.807, 2.05) is 17.8 Å². The highest BCUT2D eigenvalue weighted by Gasteiger charge is 2.29. The topological polar surface area (TPSA) is 78.6 Å². The van der Waals surface area contributed by atoms with Crippen LogP contribution in [0.25, 0.3) is 0 Å². The summed E-state index contributed by atoms with van der Waals surface area (Å²) in [6, 6.07) is 0. The Balaban J connectivity index is 1.82. The molecule has 0 saturated carbocycles. The minimum Gasteiger partial charge on any atom is -0.396 e. The fourth-order valence-electron chi connectivity index (χ4n) is 2.13. The van der Waals surface area contributed by atoms with Gasteiger partial charge in [-0.15, -0.1) is 0 Å². The number of hydrogen-bond acceptors (Lipinski definition) is 5. The Labute approximate surface area is 116 Å². The Bertz CT molecular complexity index is 438. The Morgan fingerprint density at radius 1 is 1.63 bits per heavy atom. The lowest BCUT2D eigenvalue weighted by atomic mass is 9.95. The second-order valence-corrected chi connectivity index (χ2v) is 5.69. The number of hydrogen-bond donors (Lipinski definition) is 2. The van der Waals surface area contributed by atoms with Crippen molar-refractivity contribution in [3.63, 3.8) is 0 Å². The Morgan fingerprint density at radius 3 is 3.00 bits per heavy atom. The molecule has 1 aromatic heterocycles. The quantitative estimate of drug-likeness (QED) is 0.744. The molecule has 106 valence electrons. The zero-order valence-electron chi connectivity index (χ0n) is 10.9. The van der Waals surface area contributed by atoms with E-state index in [0.717, 1.165) is 5.16 Å². The van der Waals surface area contributed by atoms with E-state index in [9.17, 15) is 9.90 Å². The number of amides is 1. The van der Waals surface area contributed by atoms with Gasteiger partial charge in [0.1, 0.15) is 0 Å². The number of aliphatic hydroxyl groups excluding tert-OH is 2. The number of aryl methyl sites for hydroxylation is 1. The van der Waals surface area contributed by atoms with Gasteiger partial charge < -0.3 is 19.7 Å². The van der Waals surface area contributed by atoms with E-state index >= 15 is 0 Å². The summed E-state index contributed by atoms with van der Waals surface area (Å²) < 4.78 is 1.87. The maximum atomic E-state index is 12.0. The predicted molar refractivity (Wildman–Crippen MR) is 71.7 cm³/mol. The van der Waals surface area contributed by atoms with Crippen molar-refractivity contribution in [2.24, 2.45) is 13.0 Å². The summed E-state index contributed by atoms with van der Waals surface area (Å²) in [6.45, 7) is 0.888. The smallest absolute Gasteiger partial charge is 0.233 e. The number of imidazole rings is 1. The van der Waals surface area contributed by atoms with Gasteiger partial charge in [-0.1, -0.05) is 11.8 Å². The lowest BCUT2D eigenvalue weighted by Gasteiger charge is -2.35.